The monoisotopic (exact) mass is 204 g/mol. The predicted octanol–water partition coefficient (Wildman–Crippen LogP) is 2.79. The van der Waals surface area contributed by atoms with Gasteiger partial charge in [-0.15, -0.1) is 0 Å². The summed E-state index contributed by atoms with van der Waals surface area (Å²) < 4.78 is 0. The van der Waals surface area contributed by atoms with Crippen molar-refractivity contribution in [2.24, 2.45) is 0 Å². The van der Waals surface area contributed by atoms with E-state index in [0.717, 1.165) is 13.0 Å². The van der Waals surface area contributed by atoms with Crippen molar-refractivity contribution in [3.8, 4) is 0 Å². The Morgan fingerprint density at radius 1 is 1.47 bits per heavy atom. The minimum Gasteiger partial charge on any atom is -0.314 e. The molecule has 0 radical (unpaired) electrons. The maximum Gasteiger partial charge on any atom is 0.0342 e. The summed E-state index contributed by atoms with van der Waals surface area (Å²) in [5.74, 6) is 0. The molecule has 0 amide bonds. The quantitative estimate of drug-likeness (QED) is 0.746. The van der Waals surface area contributed by atoms with Crippen LogP contribution in [0.5, 0.6) is 0 Å². The summed E-state index contributed by atoms with van der Waals surface area (Å²) in [6, 6.07) is 2.60. The van der Waals surface area contributed by atoms with Gasteiger partial charge < -0.3 is 5.32 Å². The number of rotatable bonds is 5. The fourth-order valence-electron chi connectivity index (χ4n) is 1.32. The number of hydrogen-bond donors (Lipinski definition) is 1. The standard InChI is InChI=1S/C13H20N2/c1-11(2)15-8-5-4-6-13-10-14-9-7-12(13)3/h4,6-7,9-11,15H,5,8H2,1-3H3. The molecule has 0 fully saturated rings. The van der Waals surface area contributed by atoms with Crippen LogP contribution in [0.15, 0.2) is 24.5 Å². The first-order chi connectivity index (χ1) is 7.20. The molecule has 82 valence electrons. The first kappa shape index (κ1) is 11.9. The lowest BCUT2D eigenvalue weighted by atomic mass is 10.1. The molecule has 0 saturated heterocycles. The van der Waals surface area contributed by atoms with E-state index in [1.807, 2.05) is 18.5 Å². The van der Waals surface area contributed by atoms with E-state index in [1.54, 1.807) is 0 Å². The van der Waals surface area contributed by atoms with Crippen molar-refractivity contribution >= 4 is 6.08 Å². The molecule has 0 unspecified atom stereocenters. The van der Waals surface area contributed by atoms with Crippen molar-refractivity contribution < 1.29 is 0 Å². The molecule has 1 rings (SSSR count). The minimum absolute atomic E-state index is 0.568. The molecule has 1 aromatic rings. The molecule has 2 nitrogen and oxygen atoms in total. The SMILES string of the molecule is Cc1ccncc1C=CCCNC(C)C. The topological polar surface area (TPSA) is 24.9 Å². The fraction of sp³-hybridized carbons (Fsp3) is 0.462. The van der Waals surface area contributed by atoms with Gasteiger partial charge in [0, 0.05) is 18.4 Å². The summed E-state index contributed by atoms with van der Waals surface area (Å²) in [4.78, 5) is 4.11. The first-order valence-corrected chi connectivity index (χ1v) is 5.50. The average molecular weight is 204 g/mol. The van der Waals surface area contributed by atoms with E-state index in [2.05, 4.69) is 43.2 Å². The molecule has 0 aliphatic rings. The van der Waals surface area contributed by atoms with Gasteiger partial charge in [0.15, 0.2) is 0 Å². The van der Waals surface area contributed by atoms with Gasteiger partial charge in [0.2, 0.25) is 0 Å². The molecule has 2 heteroatoms. The highest BCUT2D eigenvalue weighted by atomic mass is 14.9. The number of pyridine rings is 1. The molecule has 0 aliphatic carbocycles. The van der Waals surface area contributed by atoms with Crippen LogP contribution in [0.2, 0.25) is 0 Å². The number of aryl methyl sites for hydroxylation is 1. The van der Waals surface area contributed by atoms with Crippen molar-refractivity contribution in [3.63, 3.8) is 0 Å². The number of nitrogens with zero attached hydrogens (tertiary/aromatic N) is 1. The van der Waals surface area contributed by atoms with E-state index < -0.39 is 0 Å². The molecular formula is C13H20N2. The molecule has 0 bridgehead atoms. The van der Waals surface area contributed by atoms with Crippen molar-refractivity contribution in [2.75, 3.05) is 6.54 Å². The molecular weight excluding hydrogens is 184 g/mol. The third-order valence-corrected chi connectivity index (χ3v) is 2.24. The summed E-state index contributed by atoms with van der Waals surface area (Å²) >= 11 is 0. The van der Waals surface area contributed by atoms with Gasteiger partial charge in [-0.1, -0.05) is 26.0 Å². The Balaban J connectivity index is 2.35. The fourth-order valence-corrected chi connectivity index (χ4v) is 1.32. The van der Waals surface area contributed by atoms with Crippen molar-refractivity contribution in [2.45, 2.75) is 33.2 Å². The molecule has 1 N–H and O–H groups in total. The average Bonchev–Trinajstić information content (AvgIpc) is 2.20. The highest BCUT2D eigenvalue weighted by Crippen LogP contribution is 2.07. The zero-order valence-electron chi connectivity index (χ0n) is 9.83. The van der Waals surface area contributed by atoms with Gasteiger partial charge in [-0.25, -0.2) is 0 Å². The van der Waals surface area contributed by atoms with Crippen LogP contribution in [0.4, 0.5) is 0 Å². The Hall–Kier alpha value is -1.15. The third kappa shape index (κ3) is 4.75. The van der Waals surface area contributed by atoms with E-state index in [0.29, 0.717) is 6.04 Å². The van der Waals surface area contributed by atoms with E-state index in [1.165, 1.54) is 11.1 Å². The van der Waals surface area contributed by atoms with Crippen molar-refractivity contribution in [3.05, 3.63) is 35.7 Å². The van der Waals surface area contributed by atoms with Gasteiger partial charge in [-0.2, -0.15) is 0 Å². The third-order valence-electron chi connectivity index (χ3n) is 2.24. The Morgan fingerprint density at radius 2 is 2.27 bits per heavy atom. The predicted molar refractivity (Wildman–Crippen MR) is 65.8 cm³/mol. The maximum absolute atomic E-state index is 4.11. The lowest BCUT2D eigenvalue weighted by Crippen LogP contribution is -2.23. The number of aromatic nitrogens is 1. The largest absolute Gasteiger partial charge is 0.314 e. The summed E-state index contributed by atoms with van der Waals surface area (Å²) in [5, 5.41) is 3.38. The molecule has 0 atom stereocenters. The van der Waals surface area contributed by atoms with Gasteiger partial charge in [0.25, 0.3) is 0 Å². The Morgan fingerprint density at radius 3 is 2.93 bits per heavy atom. The minimum atomic E-state index is 0.568. The zero-order chi connectivity index (χ0) is 11.1. The first-order valence-electron chi connectivity index (χ1n) is 5.50. The Labute approximate surface area is 92.4 Å². The Bertz CT molecular complexity index is 316. The molecule has 0 saturated carbocycles. The second-order valence-electron chi connectivity index (χ2n) is 4.03. The van der Waals surface area contributed by atoms with Gasteiger partial charge in [0.05, 0.1) is 0 Å². The van der Waals surface area contributed by atoms with E-state index in [-0.39, 0.29) is 0 Å². The number of hydrogen-bond acceptors (Lipinski definition) is 2. The zero-order valence-corrected chi connectivity index (χ0v) is 9.83. The van der Waals surface area contributed by atoms with E-state index in [9.17, 15) is 0 Å². The summed E-state index contributed by atoms with van der Waals surface area (Å²) in [7, 11) is 0. The van der Waals surface area contributed by atoms with Gasteiger partial charge in [-0.3, -0.25) is 4.98 Å². The summed E-state index contributed by atoms with van der Waals surface area (Å²) in [6.45, 7) is 7.46. The maximum atomic E-state index is 4.11. The molecule has 1 aromatic heterocycles. The second kappa shape index (κ2) is 6.36. The highest BCUT2D eigenvalue weighted by Gasteiger charge is 1.92. The van der Waals surface area contributed by atoms with Crippen LogP contribution in [0, 0.1) is 6.92 Å². The van der Waals surface area contributed by atoms with Crippen LogP contribution < -0.4 is 5.32 Å². The van der Waals surface area contributed by atoms with Crippen LogP contribution in [0.3, 0.4) is 0 Å². The second-order valence-corrected chi connectivity index (χ2v) is 4.03. The van der Waals surface area contributed by atoms with Crippen LogP contribution in [-0.4, -0.2) is 17.6 Å². The van der Waals surface area contributed by atoms with Crippen molar-refractivity contribution in [1.29, 1.82) is 0 Å². The van der Waals surface area contributed by atoms with Gasteiger partial charge in [-0.05, 0) is 37.1 Å². The van der Waals surface area contributed by atoms with Crippen LogP contribution >= 0.6 is 0 Å². The van der Waals surface area contributed by atoms with Crippen molar-refractivity contribution in [1.82, 2.24) is 10.3 Å². The van der Waals surface area contributed by atoms with Crippen LogP contribution in [-0.2, 0) is 0 Å². The van der Waals surface area contributed by atoms with E-state index >= 15 is 0 Å². The number of nitrogens with one attached hydrogen (secondary N) is 1. The molecule has 0 spiro atoms. The Kier molecular flexibility index (Phi) is 5.05. The molecule has 0 aromatic carbocycles. The summed E-state index contributed by atoms with van der Waals surface area (Å²) in [5.41, 5.74) is 2.49. The van der Waals surface area contributed by atoms with E-state index in [4.69, 9.17) is 0 Å². The molecule has 15 heavy (non-hydrogen) atoms. The lowest BCUT2D eigenvalue weighted by Gasteiger charge is -2.05. The van der Waals surface area contributed by atoms with Gasteiger partial charge >= 0.3 is 0 Å². The summed E-state index contributed by atoms with van der Waals surface area (Å²) in [6.07, 6.45) is 9.13. The molecule has 0 aliphatic heterocycles. The van der Waals surface area contributed by atoms with Gasteiger partial charge in [0.1, 0.15) is 0 Å². The highest BCUT2D eigenvalue weighted by molar-refractivity contribution is 5.51. The normalized spacial score (nSPS) is 11.5. The van der Waals surface area contributed by atoms with Crippen LogP contribution in [0.25, 0.3) is 6.08 Å². The lowest BCUT2D eigenvalue weighted by molar-refractivity contribution is 0.595. The van der Waals surface area contributed by atoms with Crippen LogP contribution in [0.1, 0.15) is 31.4 Å². The molecule has 1 heterocycles. The smallest absolute Gasteiger partial charge is 0.0342 e.